The number of nitrogens with one attached hydrogen (secondary N) is 1. The average Bonchev–Trinajstić information content (AvgIpc) is 3.22. The Bertz CT molecular complexity index is 641. The summed E-state index contributed by atoms with van der Waals surface area (Å²) in [7, 11) is 0. The molecule has 0 radical (unpaired) electrons. The first-order valence-electron chi connectivity index (χ1n) is 9.65. The number of ether oxygens (including phenoxy) is 1. The van der Waals surface area contributed by atoms with E-state index in [0.717, 1.165) is 37.1 Å². The molecule has 2 aliphatic heterocycles. The standard InChI is InChI=1S/C20H29N3O3.ClH/c1-3-16-7-4-5-9-18(16)26-15(2)19(24)22-11-13-23(14-12-22)20(25)17-8-6-10-21-17;/h4-5,7,9,15,17,21H,3,6,8,10-14H2,1-2H3;1H. The van der Waals surface area contributed by atoms with Crippen molar-refractivity contribution in [3.8, 4) is 5.75 Å². The zero-order chi connectivity index (χ0) is 18.5. The molecule has 0 saturated carbocycles. The number of amides is 2. The Balaban J connectivity index is 0.00000261. The normalized spacial score (nSPS) is 20.7. The number of rotatable bonds is 5. The molecule has 1 aromatic carbocycles. The van der Waals surface area contributed by atoms with Crippen molar-refractivity contribution in [3.63, 3.8) is 0 Å². The maximum Gasteiger partial charge on any atom is 0.263 e. The number of piperazine rings is 1. The molecule has 150 valence electrons. The minimum Gasteiger partial charge on any atom is -0.481 e. The van der Waals surface area contributed by atoms with Crippen LogP contribution in [0.1, 0.15) is 32.3 Å². The molecular formula is C20H30ClN3O3. The van der Waals surface area contributed by atoms with Gasteiger partial charge in [0.05, 0.1) is 6.04 Å². The number of halogens is 1. The van der Waals surface area contributed by atoms with Gasteiger partial charge in [-0.25, -0.2) is 0 Å². The van der Waals surface area contributed by atoms with Crippen molar-refractivity contribution < 1.29 is 14.3 Å². The number of carbonyl (C=O) groups is 2. The van der Waals surface area contributed by atoms with Crippen LogP contribution in [0.5, 0.6) is 5.75 Å². The smallest absolute Gasteiger partial charge is 0.263 e. The monoisotopic (exact) mass is 395 g/mol. The summed E-state index contributed by atoms with van der Waals surface area (Å²) < 4.78 is 5.93. The summed E-state index contributed by atoms with van der Waals surface area (Å²) >= 11 is 0. The quantitative estimate of drug-likeness (QED) is 0.826. The Morgan fingerprint density at radius 2 is 1.85 bits per heavy atom. The third-order valence-corrected chi connectivity index (χ3v) is 5.27. The number of benzene rings is 1. The molecule has 27 heavy (non-hydrogen) atoms. The lowest BCUT2D eigenvalue weighted by Gasteiger charge is -2.37. The van der Waals surface area contributed by atoms with Gasteiger partial charge in [-0.1, -0.05) is 25.1 Å². The third-order valence-electron chi connectivity index (χ3n) is 5.27. The molecule has 2 atom stereocenters. The highest BCUT2D eigenvalue weighted by Gasteiger charge is 2.31. The Labute approximate surface area is 167 Å². The van der Waals surface area contributed by atoms with Crippen molar-refractivity contribution in [1.29, 1.82) is 0 Å². The zero-order valence-electron chi connectivity index (χ0n) is 16.1. The molecule has 3 rings (SSSR count). The summed E-state index contributed by atoms with van der Waals surface area (Å²) in [5.74, 6) is 0.940. The Kier molecular flexibility index (Phi) is 7.92. The van der Waals surface area contributed by atoms with Crippen LogP contribution in [-0.2, 0) is 16.0 Å². The van der Waals surface area contributed by atoms with Crippen LogP contribution in [0, 0.1) is 0 Å². The van der Waals surface area contributed by atoms with Gasteiger partial charge in [0.25, 0.3) is 5.91 Å². The first-order chi connectivity index (χ1) is 12.6. The molecule has 0 aromatic heterocycles. The van der Waals surface area contributed by atoms with E-state index in [4.69, 9.17) is 4.74 Å². The average molecular weight is 396 g/mol. The van der Waals surface area contributed by atoms with Crippen LogP contribution in [0.4, 0.5) is 0 Å². The fourth-order valence-corrected chi connectivity index (χ4v) is 3.67. The molecule has 1 aromatic rings. The van der Waals surface area contributed by atoms with Crippen LogP contribution in [0.25, 0.3) is 0 Å². The molecule has 7 heteroatoms. The van der Waals surface area contributed by atoms with Crippen molar-refractivity contribution in [3.05, 3.63) is 29.8 Å². The van der Waals surface area contributed by atoms with Gasteiger partial charge in [-0.05, 0) is 44.4 Å². The Morgan fingerprint density at radius 3 is 2.48 bits per heavy atom. The van der Waals surface area contributed by atoms with E-state index >= 15 is 0 Å². The minimum absolute atomic E-state index is 0. The Hall–Kier alpha value is -1.79. The summed E-state index contributed by atoms with van der Waals surface area (Å²) in [6.45, 7) is 7.13. The number of nitrogens with zero attached hydrogens (tertiary/aromatic N) is 2. The van der Waals surface area contributed by atoms with E-state index in [9.17, 15) is 9.59 Å². The lowest BCUT2D eigenvalue weighted by atomic mass is 10.1. The third kappa shape index (κ3) is 5.14. The SMILES string of the molecule is CCc1ccccc1OC(C)C(=O)N1CCN(C(=O)C2CCCN2)CC1.Cl. The van der Waals surface area contributed by atoms with Crippen LogP contribution >= 0.6 is 12.4 Å². The van der Waals surface area contributed by atoms with Crippen molar-refractivity contribution in [2.24, 2.45) is 0 Å². The van der Waals surface area contributed by atoms with Crippen LogP contribution in [-0.4, -0.2) is 66.5 Å². The second-order valence-electron chi connectivity index (χ2n) is 7.02. The van der Waals surface area contributed by atoms with Crippen molar-refractivity contribution in [2.45, 2.75) is 45.3 Å². The minimum atomic E-state index is -0.526. The van der Waals surface area contributed by atoms with E-state index in [2.05, 4.69) is 12.2 Å². The summed E-state index contributed by atoms with van der Waals surface area (Å²) in [5, 5.41) is 3.25. The molecule has 0 aliphatic carbocycles. The fraction of sp³-hybridized carbons (Fsp3) is 0.600. The number of para-hydroxylation sites is 1. The largest absolute Gasteiger partial charge is 0.481 e. The number of hydrogen-bond acceptors (Lipinski definition) is 4. The molecule has 2 amide bonds. The first kappa shape index (κ1) is 21.5. The summed E-state index contributed by atoms with van der Waals surface area (Å²) in [6, 6.07) is 7.80. The lowest BCUT2D eigenvalue weighted by molar-refractivity contribution is -0.144. The maximum absolute atomic E-state index is 12.7. The van der Waals surface area contributed by atoms with Crippen molar-refractivity contribution in [1.82, 2.24) is 15.1 Å². The first-order valence-corrected chi connectivity index (χ1v) is 9.65. The summed E-state index contributed by atoms with van der Waals surface area (Å²) in [6.07, 6.45) is 2.32. The van der Waals surface area contributed by atoms with Gasteiger partial charge < -0.3 is 19.9 Å². The summed E-state index contributed by atoms with van der Waals surface area (Å²) in [5.41, 5.74) is 1.10. The highest BCUT2D eigenvalue weighted by Crippen LogP contribution is 2.20. The van der Waals surface area contributed by atoms with Gasteiger partial charge in [0, 0.05) is 26.2 Å². The molecule has 6 nitrogen and oxygen atoms in total. The van der Waals surface area contributed by atoms with Crippen molar-refractivity contribution >= 4 is 24.2 Å². The molecule has 0 spiro atoms. The molecule has 2 unspecified atom stereocenters. The van der Waals surface area contributed by atoms with E-state index in [1.54, 1.807) is 6.92 Å². The molecule has 2 saturated heterocycles. The van der Waals surface area contributed by atoms with Gasteiger partial charge in [-0.3, -0.25) is 9.59 Å². The van der Waals surface area contributed by atoms with E-state index in [1.807, 2.05) is 34.1 Å². The number of aryl methyl sites for hydroxylation is 1. The van der Waals surface area contributed by atoms with Gasteiger partial charge in [-0.2, -0.15) is 0 Å². The molecule has 0 bridgehead atoms. The topological polar surface area (TPSA) is 61.9 Å². The second-order valence-corrected chi connectivity index (χ2v) is 7.02. The van der Waals surface area contributed by atoms with Crippen molar-refractivity contribution in [2.75, 3.05) is 32.7 Å². The van der Waals surface area contributed by atoms with Gasteiger partial charge >= 0.3 is 0 Å². The van der Waals surface area contributed by atoms with E-state index in [1.165, 1.54) is 0 Å². The maximum atomic E-state index is 12.7. The lowest BCUT2D eigenvalue weighted by Crippen LogP contribution is -2.55. The van der Waals surface area contributed by atoms with E-state index in [-0.39, 0.29) is 30.3 Å². The molecule has 2 aliphatic rings. The second kappa shape index (κ2) is 9.95. The van der Waals surface area contributed by atoms with Gasteiger partial charge in [-0.15, -0.1) is 12.4 Å². The van der Waals surface area contributed by atoms with Gasteiger partial charge in [0.2, 0.25) is 5.91 Å². The summed E-state index contributed by atoms with van der Waals surface area (Å²) in [4.78, 5) is 28.9. The highest BCUT2D eigenvalue weighted by atomic mass is 35.5. The van der Waals surface area contributed by atoms with Crippen LogP contribution in [0.15, 0.2) is 24.3 Å². The number of hydrogen-bond donors (Lipinski definition) is 1. The molecule has 2 fully saturated rings. The predicted molar refractivity (Wildman–Crippen MR) is 107 cm³/mol. The van der Waals surface area contributed by atoms with Crippen LogP contribution in [0.2, 0.25) is 0 Å². The van der Waals surface area contributed by atoms with Crippen LogP contribution in [0.3, 0.4) is 0 Å². The van der Waals surface area contributed by atoms with Gasteiger partial charge in [0.1, 0.15) is 5.75 Å². The number of carbonyl (C=O) groups excluding carboxylic acids is 2. The molecule has 1 N–H and O–H groups in total. The highest BCUT2D eigenvalue weighted by molar-refractivity contribution is 5.85. The zero-order valence-corrected chi connectivity index (χ0v) is 17.0. The molecular weight excluding hydrogens is 366 g/mol. The predicted octanol–water partition coefficient (Wildman–Crippen LogP) is 1.86. The van der Waals surface area contributed by atoms with Gasteiger partial charge in [0.15, 0.2) is 6.10 Å². The van der Waals surface area contributed by atoms with Crippen LogP contribution < -0.4 is 10.1 Å². The Morgan fingerprint density at radius 1 is 1.19 bits per heavy atom. The molecule has 2 heterocycles. The van der Waals surface area contributed by atoms with E-state index < -0.39 is 6.10 Å². The van der Waals surface area contributed by atoms with E-state index in [0.29, 0.717) is 26.2 Å². The fourth-order valence-electron chi connectivity index (χ4n) is 3.67.